The van der Waals surface area contributed by atoms with Crippen molar-refractivity contribution in [1.29, 1.82) is 0 Å². The van der Waals surface area contributed by atoms with Crippen LogP contribution in [0.3, 0.4) is 0 Å². The van der Waals surface area contributed by atoms with Crippen molar-refractivity contribution < 1.29 is 9.53 Å². The molecule has 0 saturated carbocycles. The van der Waals surface area contributed by atoms with E-state index in [9.17, 15) is 4.79 Å². The molecule has 0 aliphatic carbocycles. The lowest BCUT2D eigenvalue weighted by Gasteiger charge is -2.37. The van der Waals surface area contributed by atoms with Gasteiger partial charge in [0.05, 0.1) is 30.6 Å². The van der Waals surface area contributed by atoms with Gasteiger partial charge in [0.2, 0.25) is 5.91 Å². The molecule has 1 aliphatic rings. The van der Waals surface area contributed by atoms with Crippen molar-refractivity contribution in [2.24, 2.45) is 0 Å². The number of nitrogens with two attached hydrogens (primary N) is 1. The number of benzene rings is 1. The van der Waals surface area contributed by atoms with Gasteiger partial charge in [0.15, 0.2) is 0 Å². The first kappa shape index (κ1) is 15.1. The molecule has 2 atom stereocenters. The van der Waals surface area contributed by atoms with Gasteiger partial charge in [-0.1, -0.05) is 11.6 Å². The monoisotopic (exact) mass is 297 g/mol. The number of morpholine rings is 1. The molecule has 1 aromatic carbocycles. The van der Waals surface area contributed by atoms with Crippen LogP contribution in [0.2, 0.25) is 5.02 Å². The van der Waals surface area contributed by atoms with Gasteiger partial charge in [0.1, 0.15) is 0 Å². The Hall–Kier alpha value is -1.30. The molecule has 1 amide bonds. The molecule has 1 heterocycles. The number of nitrogen functional groups attached to an aromatic ring is 1. The van der Waals surface area contributed by atoms with Crippen molar-refractivity contribution >= 4 is 28.9 Å². The minimum Gasteiger partial charge on any atom is -0.397 e. The van der Waals surface area contributed by atoms with E-state index in [2.05, 4.69) is 17.1 Å². The predicted octanol–water partition coefficient (Wildman–Crippen LogP) is 1.97. The van der Waals surface area contributed by atoms with Crippen LogP contribution >= 0.6 is 11.6 Å². The van der Waals surface area contributed by atoms with Gasteiger partial charge < -0.3 is 15.8 Å². The van der Waals surface area contributed by atoms with E-state index in [1.54, 1.807) is 18.2 Å². The second kappa shape index (κ2) is 6.43. The van der Waals surface area contributed by atoms with Crippen LogP contribution < -0.4 is 11.1 Å². The van der Waals surface area contributed by atoms with Crippen molar-refractivity contribution in [3.05, 3.63) is 23.2 Å². The van der Waals surface area contributed by atoms with Gasteiger partial charge in [-0.25, -0.2) is 0 Å². The van der Waals surface area contributed by atoms with E-state index >= 15 is 0 Å². The lowest BCUT2D eigenvalue weighted by atomic mass is 10.1. The maximum absolute atomic E-state index is 12.3. The van der Waals surface area contributed by atoms with Crippen LogP contribution in [-0.4, -0.2) is 42.6 Å². The number of nitrogens with zero attached hydrogens (tertiary/aromatic N) is 1. The predicted molar refractivity (Wildman–Crippen MR) is 80.9 cm³/mol. The largest absolute Gasteiger partial charge is 0.397 e. The van der Waals surface area contributed by atoms with Crippen LogP contribution in [0.1, 0.15) is 13.8 Å². The Bertz CT molecular complexity index is 495. The lowest BCUT2D eigenvalue weighted by Crippen LogP contribution is -2.52. The summed E-state index contributed by atoms with van der Waals surface area (Å²) in [6.07, 6.45) is 0. The molecule has 2 unspecified atom stereocenters. The molecule has 20 heavy (non-hydrogen) atoms. The summed E-state index contributed by atoms with van der Waals surface area (Å²) >= 11 is 5.84. The number of amides is 1. The van der Waals surface area contributed by atoms with Crippen LogP contribution in [-0.2, 0) is 9.53 Å². The van der Waals surface area contributed by atoms with Gasteiger partial charge >= 0.3 is 0 Å². The molecule has 0 bridgehead atoms. The molecule has 5 nitrogen and oxygen atoms in total. The van der Waals surface area contributed by atoms with Crippen LogP contribution in [0.5, 0.6) is 0 Å². The average molecular weight is 298 g/mol. The van der Waals surface area contributed by atoms with Gasteiger partial charge in [-0.05, 0) is 32.0 Å². The minimum atomic E-state index is -0.232. The molecule has 1 saturated heterocycles. The molecule has 1 aromatic rings. The Morgan fingerprint density at radius 1 is 1.60 bits per heavy atom. The summed E-state index contributed by atoms with van der Waals surface area (Å²) in [4.78, 5) is 14.4. The van der Waals surface area contributed by atoms with E-state index in [0.29, 0.717) is 29.6 Å². The van der Waals surface area contributed by atoms with Crippen LogP contribution in [0.25, 0.3) is 0 Å². The Labute approximate surface area is 124 Å². The summed E-state index contributed by atoms with van der Waals surface area (Å²) < 4.78 is 5.38. The average Bonchev–Trinajstić information content (AvgIpc) is 2.41. The highest BCUT2D eigenvalue weighted by atomic mass is 35.5. The number of anilines is 2. The molecule has 0 aromatic heterocycles. The minimum absolute atomic E-state index is 0.0761. The second-order valence-corrected chi connectivity index (χ2v) is 5.49. The number of hydrogen-bond donors (Lipinski definition) is 2. The van der Waals surface area contributed by atoms with Crippen molar-refractivity contribution in [3.63, 3.8) is 0 Å². The van der Waals surface area contributed by atoms with Crippen molar-refractivity contribution in [2.75, 3.05) is 30.8 Å². The molecule has 1 fully saturated rings. The molecule has 0 spiro atoms. The first-order chi connectivity index (χ1) is 9.49. The zero-order chi connectivity index (χ0) is 14.7. The third kappa shape index (κ3) is 3.42. The van der Waals surface area contributed by atoms with Gasteiger partial charge in [-0.2, -0.15) is 0 Å². The fourth-order valence-electron chi connectivity index (χ4n) is 2.35. The smallest absolute Gasteiger partial charge is 0.241 e. The summed E-state index contributed by atoms with van der Waals surface area (Å²) in [6.45, 7) is 6.01. The fraction of sp³-hybridized carbons (Fsp3) is 0.500. The highest BCUT2D eigenvalue weighted by molar-refractivity contribution is 6.31. The third-order valence-corrected chi connectivity index (χ3v) is 3.80. The van der Waals surface area contributed by atoms with E-state index in [4.69, 9.17) is 22.1 Å². The van der Waals surface area contributed by atoms with E-state index < -0.39 is 0 Å². The Morgan fingerprint density at radius 2 is 2.35 bits per heavy atom. The van der Waals surface area contributed by atoms with Gasteiger partial charge in [0, 0.05) is 17.6 Å². The maximum atomic E-state index is 12.3. The van der Waals surface area contributed by atoms with E-state index in [1.807, 2.05) is 6.92 Å². The number of rotatable bonds is 3. The summed E-state index contributed by atoms with van der Waals surface area (Å²) in [5.74, 6) is -0.0761. The Kier molecular flexibility index (Phi) is 4.86. The zero-order valence-electron chi connectivity index (χ0n) is 11.7. The number of nitrogens with one attached hydrogen (secondary N) is 1. The van der Waals surface area contributed by atoms with Crippen LogP contribution in [0.4, 0.5) is 11.4 Å². The summed E-state index contributed by atoms with van der Waals surface area (Å²) in [6, 6.07) is 5.04. The fourth-order valence-corrected chi connectivity index (χ4v) is 2.53. The standard InChI is InChI=1S/C14H20ClN3O2/c1-9-8-20-6-5-18(9)10(2)14(19)17-13-4-3-11(15)7-12(13)16/h3-4,7,9-10H,5-6,8,16H2,1-2H3,(H,17,19). The van der Waals surface area contributed by atoms with E-state index in [-0.39, 0.29) is 18.0 Å². The van der Waals surface area contributed by atoms with E-state index in [0.717, 1.165) is 6.54 Å². The SMILES string of the molecule is CC1COCCN1C(C)C(=O)Nc1ccc(Cl)cc1N. The topological polar surface area (TPSA) is 67.6 Å². The van der Waals surface area contributed by atoms with Crippen molar-refractivity contribution in [2.45, 2.75) is 25.9 Å². The Balaban J connectivity index is 2.03. The quantitative estimate of drug-likeness (QED) is 0.837. The maximum Gasteiger partial charge on any atom is 0.241 e. The van der Waals surface area contributed by atoms with Crippen LogP contribution in [0, 0.1) is 0 Å². The number of hydrogen-bond acceptors (Lipinski definition) is 4. The molecular weight excluding hydrogens is 278 g/mol. The Morgan fingerprint density at radius 3 is 3.00 bits per heavy atom. The number of carbonyl (C=O) groups excluding carboxylic acids is 1. The number of halogens is 1. The summed E-state index contributed by atoms with van der Waals surface area (Å²) in [5.41, 5.74) is 6.90. The molecule has 6 heteroatoms. The highest BCUT2D eigenvalue weighted by Gasteiger charge is 2.28. The first-order valence-electron chi connectivity index (χ1n) is 6.68. The summed E-state index contributed by atoms with van der Waals surface area (Å²) in [7, 11) is 0. The van der Waals surface area contributed by atoms with Gasteiger partial charge in [-0.15, -0.1) is 0 Å². The molecular formula is C14H20ClN3O2. The summed E-state index contributed by atoms with van der Waals surface area (Å²) in [5, 5.41) is 3.40. The molecule has 3 N–H and O–H groups in total. The van der Waals surface area contributed by atoms with E-state index in [1.165, 1.54) is 0 Å². The molecule has 2 rings (SSSR count). The van der Waals surface area contributed by atoms with Gasteiger partial charge in [-0.3, -0.25) is 9.69 Å². The third-order valence-electron chi connectivity index (χ3n) is 3.57. The molecule has 1 aliphatic heterocycles. The zero-order valence-corrected chi connectivity index (χ0v) is 12.5. The first-order valence-corrected chi connectivity index (χ1v) is 7.06. The molecule has 110 valence electrons. The molecule has 0 radical (unpaired) electrons. The van der Waals surface area contributed by atoms with Gasteiger partial charge in [0.25, 0.3) is 0 Å². The van der Waals surface area contributed by atoms with Crippen LogP contribution in [0.15, 0.2) is 18.2 Å². The number of ether oxygens (including phenoxy) is 1. The highest BCUT2D eigenvalue weighted by Crippen LogP contribution is 2.23. The number of carbonyl (C=O) groups is 1. The lowest BCUT2D eigenvalue weighted by molar-refractivity contribution is -0.124. The second-order valence-electron chi connectivity index (χ2n) is 5.06. The van der Waals surface area contributed by atoms with Crippen molar-refractivity contribution in [1.82, 2.24) is 4.90 Å². The normalized spacial score (nSPS) is 21.4. The van der Waals surface area contributed by atoms with Crippen molar-refractivity contribution in [3.8, 4) is 0 Å².